The summed E-state index contributed by atoms with van der Waals surface area (Å²) in [4.78, 5) is 35.0. The van der Waals surface area contributed by atoms with Gasteiger partial charge < -0.3 is 14.7 Å². The molecule has 4 rings (SSSR count). The lowest BCUT2D eigenvalue weighted by atomic mass is 10.1. The Balaban J connectivity index is 1.68. The van der Waals surface area contributed by atoms with Crippen molar-refractivity contribution >= 4 is 29.5 Å². The summed E-state index contributed by atoms with van der Waals surface area (Å²) in [5.41, 5.74) is 2.02. The van der Waals surface area contributed by atoms with E-state index in [9.17, 15) is 9.59 Å². The average molecular weight is 412 g/mol. The van der Waals surface area contributed by atoms with Crippen molar-refractivity contribution < 1.29 is 9.59 Å². The van der Waals surface area contributed by atoms with Gasteiger partial charge in [0.05, 0.1) is 0 Å². The Labute approximate surface area is 174 Å². The van der Waals surface area contributed by atoms with Gasteiger partial charge in [0.2, 0.25) is 0 Å². The Hall–Kier alpha value is -3.06. The number of urea groups is 1. The van der Waals surface area contributed by atoms with Gasteiger partial charge in [-0.3, -0.25) is 10.1 Å². The predicted octanol–water partition coefficient (Wildman–Crippen LogP) is 2.52. The number of amides is 3. The third kappa shape index (κ3) is 3.65. The zero-order valence-corrected chi connectivity index (χ0v) is 17.0. The zero-order valence-electron chi connectivity index (χ0n) is 16.2. The van der Waals surface area contributed by atoms with E-state index >= 15 is 0 Å². The summed E-state index contributed by atoms with van der Waals surface area (Å²) in [6.07, 6.45) is -0.577. The standard InChI is InChI=1S/C21H22ClN5O2/c1-25(12-14-8-4-3-5-9-14)20-23-18-17(19(28)24-21(29)26(18)2)27(20)13-15-10-6-7-11-16(15)22/h3-11,17-18H,12-13H2,1-2H3,(H,24,28,29). The summed E-state index contributed by atoms with van der Waals surface area (Å²) in [7, 11) is 3.58. The van der Waals surface area contributed by atoms with Gasteiger partial charge in [0.25, 0.3) is 5.91 Å². The molecule has 2 aliphatic heterocycles. The molecular weight excluding hydrogens is 390 g/mol. The zero-order chi connectivity index (χ0) is 20.5. The largest absolute Gasteiger partial charge is 0.341 e. The van der Waals surface area contributed by atoms with Crippen LogP contribution in [0.1, 0.15) is 11.1 Å². The van der Waals surface area contributed by atoms with Crippen LogP contribution < -0.4 is 5.32 Å². The van der Waals surface area contributed by atoms with Crippen molar-refractivity contribution in [1.29, 1.82) is 0 Å². The highest BCUT2D eigenvalue weighted by Crippen LogP contribution is 2.29. The Morgan fingerprint density at radius 3 is 2.52 bits per heavy atom. The number of hydrogen-bond donors (Lipinski definition) is 1. The fraction of sp³-hybridized carbons (Fsp3) is 0.286. The van der Waals surface area contributed by atoms with Crippen molar-refractivity contribution in [3.8, 4) is 0 Å². The molecule has 2 unspecified atom stereocenters. The summed E-state index contributed by atoms with van der Waals surface area (Å²) in [5, 5.41) is 3.05. The highest BCUT2D eigenvalue weighted by atomic mass is 35.5. The molecule has 1 fully saturated rings. The smallest absolute Gasteiger partial charge is 0.325 e. The molecular formula is C21H22ClN5O2. The summed E-state index contributed by atoms with van der Waals surface area (Å²) in [6, 6.07) is 16.5. The number of imide groups is 1. The summed E-state index contributed by atoms with van der Waals surface area (Å²) < 4.78 is 0. The molecule has 0 radical (unpaired) electrons. The molecule has 7 nitrogen and oxygen atoms in total. The highest BCUT2D eigenvalue weighted by molar-refractivity contribution is 6.31. The molecule has 8 heteroatoms. The molecule has 1 saturated heterocycles. The Bertz CT molecular complexity index is 965. The van der Waals surface area contributed by atoms with Crippen LogP contribution in [0, 0.1) is 0 Å². The number of hydrogen-bond acceptors (Lipinski definition) is 5. The van der Waals surface area contributed by atoms with Gasteiger partial charge in [-0.05, 0) is 17.2 Å². The van der Waals surface area contributed by atoms with Gasteiger partial charge in [-0.25, -0.2) is 9.79 Å². The van der Waals surface area contributed by atoms with Crippen molar-refractivity contribution in [2.75, 3.05) is 14.1 Å². The minimum absolute atomic E-state index is 0.350. The minimum Gasteiger partial charge on any atom is -0.341 e. The van der Waals surface area contributed by atoms with Gasteiger partial charge in [-0.2, -0.15) is 0 Å². The van der Waals surface area contributed by atoms with Crippen LogP contribution in [0.3, 0.4) is 0 Å². The fourth-order valence-electron chi connectivity index (χ4n) is 3.74. The SMILES string of the molecule is CN(Cc1ccccc1)C1=NC2C(C(=O)NC(=O)N2C)N1Cc1ccccc1Cl. The first-order valence-electron chi connectivity index (χ1n) is 9.36. The van der Waals surface area contributed by atoms with E-state index in [0.29, 0.717) is 24.1 Å². The lowest BCUT2D eigenvalue weighted by molar-refractivity contribution is -0.127. The van der Waals surface area contributed by atoms with Crippen LogP contribution in [-0.2, 0) is 17.9 Å². The van der Waals surface area contributed by atoms with E-state index in [1.165, 1.54) is 4.90 Å². The second-order valence-corrected chi connectivity index (χ2v) is 7.66. The van der Waals surface area contributed by atoms with E-state index in [1.54, 1.807) is 7.05 Å². The number of likely N-dealkylation sites (N-methyl/N-ethyl adjacent to an activating group) is 1. The van der Waals surface area contributed by atoms with Gasteiger partial charge in [0.1, 0.15) is 0 Å². The molecule has 150 valence electrons. The van der Waals surface area contributed by atoms with Crippen LogP contribution in [0.4, 0.5) is 4.79 Å². The predicted molar refractivity (Wildman–Crippen MR) is 111 cm³/mol. The maximum atomic E-state index is 12.7. The number of carbonyl (C=O) groups is 2. The maximum absolute atomic E-state index is 12.7. The average Bonchev–Trinajstić information content (AvgIpc) is 3.09. The molecule has 2 atom stereocenters. The van der Waals surface area contributed by atoms with E-state index in [4.69, 9.17) is 16.6 Å². The van der Waals surface area contributed by atoms with Crippen molar-refractivity contribution in [2.45, 2.75) is 25.3 Å². The van der Waals surface area contributed by atoms with Crippen molar-refractivity contribution in [3.63, 3.8) is 0 Å². The van der Waals surface area contributed by atoms with E-state index < -0.39 is 18.2 Å². The van der Waals surface area contributed by atoms with Crippen LogP contribution in [0.15, 0.2) is 59.6 Å². The second kappa shape index (κ2) is 7.75. The Morgan fingerprint density at radius 1 is 1.10 bits per heavy atom. The second-order valence-electron chi connectivity index (χ2n) is 7.25. The topological polar surface area (TPSA) is 68.2 Å². The number of nitrogens with zero attached hydrogens (tertiary/aromatic N) is 4. The minimum atomic E-state index is -0.609. The number of halogens is 1. The maximum Gasteiger partial charge on any atom is 0.325 e. The number of rotatable bonds is 4. The third-order valence-corrected chi connectivity index (χ3v) is 5.61. The molecule has 2 aliphatic rings. The van der Waals surface area contributed by atoms with Crippen LogP contribution in [0.2, 0.25) is 5.02 Å². The van der Waals surface area contributed by atoms with Crippen LogP contribution >= 0.6 is 11.6 Å². The van der Waals surface area contributed by atoms with Gasteiger partial charge in [-0.15, -0.1) is 0 Å². The van der Waals surface area contributed by atoms with Crippen LogP contribution in [0.25, 0.3) is 0 Å². The normalized spacial score (nSPS) is 21.0. The van der Waals surface area contributed by atoms with Crippen molar-refractivity contribution in [2.24, 2.45) is 4.99 Å². The van der Waals surface area contributed by atoms with E-state index in [-0.39, 0.29) is 5.91 Å². The molecule has 2 heterocycles. The van der Waals surface area contributed by atoms with E-state index in [1.807, 2.05) is 71.4 Å². The molecule has 0 spiro atoms. The molecule has 0 aliphatic carbocycles. The number of guanidine groups is 1. The highest BCUT2D eigenvalue weighted by Gasteiger charge is 2.49. The molecule has 0 saturated carbocycles. The number of fused-ring (bicyclic) bond motifs is 1. The molecule has 1 N–H and O–H groups in total. The number of aliphatic imine (C=N–C) groups is 1. The summed E-state index contributed by atoms with van der Waals surface area (Å²) in [5.74, 6) is 0.303. The van der Waals surface area contributed by atoms with Crippen LogP contribution in [0.5, 0.6) is 0 Å². The molecule has 2 aromatic carbocycles. The Kier molecular flexibility index (Phi) is 5.15. The van der Waals surface area contributed by atoms with Gasteiger partial charge in [0, 0.05) is 32.2 Å². The molecule has 0 aromatic heterocycles. The van der Waals surface area contributed by atoms with E-state index in [0.717, 1.165) is 11.1 Å². The first-order chi connectivity index (χ1) is 14.0. The third-order valence-electron chi connectivity index (χ3n) is 5.24. The van der Waals surface area contributed by atoms with Gasteiger partial charge >= 0.3 is 6.03 Å². The first kappa shape index (κ1) is 19.3. The van der Waals surface area contributed by atoms with Crippen molar-refractivity contribution in [3.05, 3.63) is 70.7 Å². The number of benzene rings is 2. The summed E-state index contributed by atoms with van der Waals surface area (Å²) >= 11 is 6.38. The lowest BCUT2D eigenvalue weighted by Gasteiger charge is -2.37. The molecule has 2 aromatic rings. The van der Waals surface area contributed by atoms with Gasteiger partial charge in [0.15, 0.2) is 18.2 Å². The van der Waals surface area contributed by atoms with Crippen molar-refractivity contribution in [1.82, 2.24) is 20.0 Å². The lowest BCUT2D eigenvalue weighted by Crippen LogP contribution is -2.64. The van der Waals surface area contributed by atoms with E-state index in [2.05, 4.69) is 5.32 Å². The molecule has 29 heavy (non-hydrogen) atoms. The van der Waals surface area contributed by atoms with Crippen LogP contribution in [-0.4, -0.2) is 58.9 Å². The monoisotopic (exact) mass is 411 g/mol. The quantitative estimate of drug-likeness (QED) is 0.839. The fourth-order valence-corrected chi connectivity index (χ4v) is 3.93. The molecule has 0 bridgehead atoms. The number of nitrogens with one attached hydrogen (secondary N) is 1. The summed E-state index contributed by atoms with van der Waals surface area (Å²) in [6.45, 7) is 1.03. The number of carbonyl (C=O) groups excluding carboxylic acids is 2. The Morgan fingerprint density at radius 2 is 1.79 bits per heavy atom. The van der Waals surface area contributed by atoms with Gasteiger partial charge in [-0.1, -0.05) is 60.1 Å². The molecule has 3 amide bonds. The first-order valence-corrected chi connectivity index (χ1v) is 9.74.